The maximum absolute atomic E-state index is 12.6. The van der Waals surface area contributed by atoms with E-state index in [9.17, 15) is 9.59 Å². The summed E-state index contributed by atoms with van der Waals surface area (Å²) in [5.74, 6) is 0.651. The SMILES string of the molecule is NC(=O)Cn1nc(Cn2cc3cc(OCC4CC4)c(Cl)cc3n2)c2ccccc2c1=O. The van der Waals surface area contributed by atoms with Crippen LogP contribution >= 0.6 is 11.6 Å². The van der Waals surface area contributed by atoms with Crippen molar-refractivity contribution in [3.63, 3.8) is 0 Å². The Hall–Kier alpha value is -3.39. The molecule has 0 radical (unpaired) electrons. The molecule has 1 aliphatic rings. The minimum Gasteiger partial charge on any atom is -0.492 e. The highest BCUT2D eigenvalue weighted by molar-refractivity contribution is 6.32. The lowest BCUT2D eigenvalue weighted by molar-refractivity contribution is -0.118. The molecule has 1 saturated carbocycles. The van der Waals surface area contributed by atoms with Crippen molar-refractivity contribution in [1.82, 2.24) is 19.6 Å². The summed E-state index contributed by atoms with van der Waals surface area (Å²) in [6, 6.07) is 10.8. The van der Waals surface area contributed by atoms with E-state index in [4.69, 9.17) is 22.1 Å². The summed E-state index contributed by atoms with van der Waals surface area (Å²) >= 11 is 6.37. The Morgan fingerprint density at radius 2 is 1.97 bits per heavy atom. The van der Waals surface area contributed by atoms with Gasteiger partial charge in [-0.1, -0.05) is 29.8 Å². The number of rotatable bonds is 7. The van der Waals surface area contributed by atoms with Crippen molar-refractivity contribution in [2.24, 2.45) is 11.7 Å². The van der Waals surface area contributed by atoms with Gasteiger partial charge < -0.3 is 10.5 Å². The number of nitrogens with two attached hydrogens (primary N) is 1. The number of nitrogens with zero attached hydrogens (tertiary/aromatic N) is 4. The number of halogens is 1. The van der Waals surface area contributed by atoms with Crippen molar-refractivity contribution < 1.29 is 9.53 Å². The summed E-state index contributed by atoms with van der Waals surface area (Å²) in [7, 11) is 0. The molecule has 158 valence electrons. The number of hydrogen-bond acceptors (Lipinski definition) is 5. The van der Waals surface area contributed by atoms with E-state index < -0.39 is 5.91 Å². The van der Waals surface area contributed by atoms with Gasteiger partial charge in [0.1, 0.15) is 12.3 Å². The van der Waals surface area contributed by atoms with E-state index in [2.05, 4.69) is 10.2 Å². The molecule has 0 atom stereocenters. The summed E-state index contributed by atoms with van der Waals surface area (Å²) in [5, 5.41) is 11.6. The Labute approximate surface area is 182 Å². The number of carbonyl (C=O) groups excluding carboxylic acids is 1. The molecule has 0 unspecified atom stereocenters. The zero-order valence-electron chi connectivity index (χ0n) is 16.6. The van der Waals surface area contributed by atoms with E-state index >= 15 is 0 Å². The Morgan fingerprint density at radius 3 is 2.71 bits per heavy atom. The third kappa shape index (κ3) is 3.98. The zero-order chi connectivity index (χ0) is 21.5. The van der Waals surface area contributed by atoms with E-state index in [0.717, 1.165) is 15.6 Å². The molecule has 2 heterocycles. The summed E-state index contributed by atoms with van der Waals surface area (Å²) in [5.41, 5.74) is 6.28. The van der Waals surface area contributed by atoms with Crippen LogP contribution in [-0.2, 0) is 17.9 Å². The Kier molecular flexibility index (Phi) is 4.86. The number of aromatic nitrogens is 4. The molecular weight excluding hydrogens is 418 g/mol. The minimum atomic E-state index is -0.631. The predicted octanol–water partition coefficient (Wildman–Crippen LogP) is 2.72. The Morgan fingerprint density at radius 1 is 1.19 bits per heavy atom. The molecular formula is C22H20ClN5O3. The van der Waals surface area contributed by atoms with Gasteiger partial charge >= 0.3 is 0 Å². The van der Waals surface area contributed by atoms with Crippen LogP contribution in [0, 0.1) is 5.92 Å². The lowest BCUT2D eigenvalue weighted by atomic mass is 10.1. The lowest BCUT2D eigenvalue weighted by Gasteiger charge is -2.10. The lowest BCUT2D eigenvalue weighted by Crippen LogP contribution is -2.31. The van der Waals surface area contributed by atoms with Crippen molar-refractivity contribution in [3.8, 4) is 5.75 Å². The smallest absolute Gasteiger partial charge is 0.275 e. The van der Waals surface area contributed by atoms with Crippen LogP contribution in [0.2, 0.25) is 5.02 Å². The molecule has 0 saturated heterocycles. The highest BCUT2D eigenvalue weighted by Gasteiger charge is 2.22. The molecule has 1 fully saturated rings. The van der Waals surface area contributed by atoms with E-state index in [1.807, 2.05) is 24.4 Å². The molecule has 0 aliphatic heterocycles. The molecule has 2 N–H and O–H groups in total. The summed E-state index contributed by atoms with van der Waals surface area (Å²) in [4.78, 5) is 24.0. The maximum atomic E-state index is 12.6. The van der Waals surface area contributed by atoms with E-state index in [0.29, 0.717) is 46.3 Å². The molecule has 5 rings (SSSR count). The second-order valence-electron chi connectivity index (χ2n) is 7.84. The van der Waals surface area contributed by atoms with Gasteiger partial charge in [0, 0.05) is 17.0 Å². The van der Waals surface area contributed by atoms with Crippen molar-refractivity contribution in [2.45, 2.75) is 25.9 Å². The number of benzene rings is 2. The molecule has 1 aliphatic carbocycles. The molecule has 0 spiro atoms. The molecule has 2 aromatic heterocycles. The fraction of sp³-hybridized carbons (Fsp3) is 0.273. The van der Waals surface area contributed by atoms with Crippen LogP contribution in [0.25, 0.3) is 21.7 Å². The number of fused-ring (bicyclic) bond motifs is 2. The Bertz CT molecular complexity index is 1370. The van der Waals surface area contributed by atoms with Gasteiger partial charge in [0.15, 0.2) is 0 Å². The number of primary amides is 1. The van der Waals surface area contributed by atoms with Crippen LogP contribution in [0.4, 0.5) is 0 Å². The van der Waals surface area contributed by atoms with Gasteiger partial charge in [-0.2, -0.15) is 10.2 Å². The van der Waals surface area contributed by atoms with Crippen LogP contribution in [-0.4, -0.2) is 32.1 Å². The van der Waals surface area contributed by atoms with Crippen molar-refractivity contribution in [3.05, 3.63) is 63.7 Å². The van der Waals surface area contributed by atoms with Gasteiger partial charge in [-0.3, -0.25) is 14.3 Å². The van der Waals surface area contributed by atoms with E-state index in [-0.39, 0.29) is 12.1 Å². The van der Waals surface area contributed by atoms with Crippen LogP contribution in [0.3, 0.4) is 0 Å². The van der Waals surface area contributed by atoms with Gasteiger partial charge in [0.2, 0.25) is 5.91 Å². The first-order chi connectivity index (χ1) is 15.0. The predicted molar refractivity (Wildman–Crippen MR) is 117 cm³/mol. The Balaban J connectivity index is 1.52. The third-order valence-electron chi connectivity index (χ3n) is 5.34. The second-order valence-corrected chi connectivity index (χ2v) is 8.25. The summed E-state index contributed by atoms with van der Waals surface area (Å²) in [6.45, 7) is 0.704. The average molecular weight is 438 g/mol. The van der Waals surface area contributed by atoms with Gasteiger partial charge in [-0.05, 0) is 37.0 Å². The fourth-order valence-corrected chi connectivity index (χ4v) is 3.80. The first-order valence-corrected chi connectivity index (χ1v) is 10.4. The quantitative estimate of drug-likeness (QED) is 0.478. The van der Waals surface area contributed by atoms with E-state index in [1.54, 1.807) is 22.9 Å². The molecule has 9 heteroatoms. The molecule has 4 aromatic rings. The normalized spacial score (nSPS) is 13.7. The van der Waals surface area contributed by atoms with Gasteiger partial charge in [-0.25, -0.2) is 4.68 Å². The fourth-order valence-electron chi connectivity index (χ4n) is 3.59. The van der Waals surface area contributed by atoms with Crippen LogP contribution in [0.1, 0.15) is 18.5 Å². The summed E-state index contributed by atoms with van der Waals surface area (Å²) in [6.07, 6.45) is 4.29. The number of hydrogen-bond donors (Lipinski definition) is 1. The van der Waals surface area contributed by atoms with Gasteiger partial charge in [0.25, 0.3) is 5.56 Å². The molecule has 8 nitrogen and oxygen atoms in total. The number of ether oxygens (including phenoxy) is 1. The average Bonchev–Trinajstić information content (AvgIpc) is 3.49. The van der Waals surface area contributed by atoms with Crippen molar-refractivity contribution in [2.75, 3.05) is 6.61 Å². The molecule has 0 bridgehead atoms. The first kappa shape index (κ1) is 19.6. The van der Waals surface area contributed by atoms with Crippen molar-refractivity contribution >= 4 is 39.2 Å². The highest BCUT2D eigenvalue weighted by atomic mass is 35.5. The first-order valence-electron chi connectivity index (χ1n) is 10.0. The van der Waals surface area contributed by atoms with Crippen LogP contribution in [0.15, 0.2) is 47.4 Å². The third-order valence-corrected chi connectivity index (χ3v) is 5.63. The molecule has 2 aromatic carbocycles. The van der Waals surface area contributed by atoms with E-state index in [1.165, 1.54) is 12.8 Å². The van der Waals surface area contributed by atoms with Crippen LogP contribution in [0.5, 0.6) is 5.75 Å². The monoisotopic (exact) mass is 437 g/mol. The molecule has 31 heavy (non-hydrogen) atoms. The zero-order valence-corrected chi connectivity index (χ0v) is 17.4. The van der Waals surface area contributed by atoms with Gasteiger partial charge in [0.05, 0.1) is 34.8 Å². The highest BCUT2D eigenvalue weighted by Crippen LogP contribution is 2.33. The summed E-state index contributed by atoms with van der Waals surface area (Å²) < 4.78 is 8.69. The topological polar surface area (TPSA) is 105 Å². The largest absolute Gasteiger partial charge is 0.492 e. The second kappa shape index (κ2) is 7.70. The molecule has 1 amide bonds. The maximum Gasteiger partial charge on any atom is 0.275 e. The minimum absolute atomic E-state index is 0.283. The van der Waals surface area contributed by atoms with Crippen LogP contribution < -0.4 is 16.0 Å². The number of amides is 1. The van der Waals surface area contributed by atoms with Gasteiger partial charge in [-0.15, -0.1) is 0 Å². The van der Waals surface area contributed by atoms with Crippen molar-refractivity contribution in [1.29, 1.82) is 0 Å². The number of carbonyl (C=O) groups is 1. The standard InChI is InChI=1S/C22H20ClN5O3/c23-17-8-18-14(7-20(17)31-12-13-5-6-13)9-27(25-18)10-19-15-3-1-2-4-16(15)22(30)28(26-19)11-21(24)29/h1-4,7-9,13H,5-6,10-12H2,(H2,24,29).